The van der Waals surface area contributed by atoms with Crippen LogP contribution >= 0.6 is 23.2 Å². The van der Waals surface area contributed by atoms with Gasteiger partial charge in [0.2, 0.25) is 11.2 Å². The molecule has 0 amide bonds. The van der Waals surface area contributed by atoms with Gasteiger partial charge in [-0.1, -0.05) is 11.6 Å². The molecule has 0 atom stereocenters. The highest BCUT2D eigenvalue weighted by Gasteiger charge is 2.10. The summed E-state index contributed by atoms with van der Waals surface area (Å²) in [5.41, 5.74) is 1.01. The summed E-state index contributed by atoms with van der Waals surface area (Å²) in [6.45, 7) is 3.70. The summed E-state index contributed by atoms with van der Waals surface area (Å²) in [7, 11) is 0. The molecule has 21 heavy (non-hydrogen) atoms. The number of hydrogen-bond acceptors (Lipinski definition) is 6. The van der Waals surface area contributed by atoms with Crippen LogP contribution in [0.4, 0.5) is 11.6 Å². The van der Waals surface area contributed by atoms with E-state index in [-0.39, 0.29) is 23.3 Å². The predicted molar refractivity (Wildman–Crippen MR) is 80.1 cm³/mol. The predicted octanol–water partition coefficient (Wildman–Crippen LogP) is 3.58. The lowest BCUT2D eigenvalue weighted by atomic mass is 10.2. The average Bonchev–Trinajstić information content (AvgIpc) is 2.39. The number of hydrogen-bond donors (Lipinski definition) is 1. The van der Waals surface area contributed by atoms with Gasteiger partial charge >= 0.3 is 6.01 Å². The number of rotatable bonds is 4. The topological polar surface area (TPSA) is 83.7 Å². The molecule has 108 valence electrons. The fourth-order valence-corrected chi connectivity index (χ4v) is 1.84. The maximum atomic E-state index is 8.80. The maximum absolute atomic E-state index is 8.80. The molecule has 0 saturated carbocycles. The van der Waals surface area contributed by atoms with Crippen LogP contribution in [0.2, 0.25) is 10.3 Å². The molecule has 0 bridgehead atoms. The van der Waals surface area contributed by atoms with Crippen LogP contribution in [0.3, 0.4) is 0 Å². The number of nitrogens with zero attached hydrogens (tertiary/aromatic N) is 4. The van der Waals surface area contributed by atoms with Crippen molar-refractivity contribution >= 4 is 34.8 Å². The van der Waals surface area contributed by atoms with E-state index in [2.05, 4.69) is 20.3 Å². The van der Waals surface area contributed by atoms with Crippen LogP contribution in [0.15, 0.2) is 18.2 Å². The van der Waals surface area contributed by atoms with Gasteiger partial charge in [-0.05, 0) is 43.6 Å². The Morgan fingerprint density at radius 3 is 2.62 bits per heavy atom. The van der Waals surface area contributed by atoms with Crippen LogP contribution in [0.1, 0.15) is 19.4 Å². The zero-order valence-electron chi connectivity index (χ0n) is 11.3. The number of aromatic nitrogens is 3. The zero-order valence-corrected chi connectivity index (χ0v) is 12.8. The number of halogens is 2. The number of nitriles is 1. The van der Waals surface area contributed by atoms with Gasteiger partial charge in [-0.25, -0.2) is 0 Å². The second-order valence-corrected chi connectivity index (χ2v) is 5.05. The quantitative estimate of drug-likeness (QED) is 0.925. The second-order valence-electron chi connectivity index (χ2n) is 4.31. The first-order chi connectivity index (χ1) is 9.97. The summed E-state index contributed by atoms with van der Waals surface area (Å²) in [4.78, 5) is 11.9. The van der Waals surface area contributed by atoms with Crippen LogP contribution in [0.5, 0.6) is 6.01 Å². The molecule has 0 aliphatic carbocycles. The van der Waals surface area contributed by atoms with Gasteiger partial charge in [-0.2, -0.15) is 20.2 Å². The van der Waals surface area contributed by atoms with Gasteiger partial charge in [-0.15, -0.1) is 0 Å². The van der Waals surface area contributed by atoms with Crippen molar-refractivity contribution < 1.29 is 4.74 Å². The number of nitrogens with one attached hydrogen (secondary N) is 1. The van der Waals surface area contributed by atoms with E-state index >= 15 is 0 Å². The fraction of sp³-hybridized carbons (Fsp3) is 0.231. The van der Waals surface area contributed by atoms with Crippen LogP contribution in [0, 0.1) is 11.3 Å². The standard InChI is InChI=1S/C13H11Cl2N5O/c1-7(2)21-13-19-11(15)18-12(20-13)17-10-4-3-8(6-16)5-9(10)14/h3-5,7H,1-2H3,(H,17,18,19,20). The molecule has 1 aromatic heterocycles. The van der Waals surface area contributed by atoms with Gasteiger partial charge in [0, 0.05) is 0 Å². The van der Waals surface area contributed by atoms with Crippen molar-refractivity contribution in [3.05, 3.63) is 34.1 Å². The van der Waals surface area contributed by atoms with E-state index in [0.717, 1.165) is 0 Å². The summed E-state index contributed by atoms with van der Waals surface area (Å²) in [6, 6.07) is 6.95. The number of benzene rings is 1. The van der Waals surface area contributed by atoms with E-state index in [1.807, 2.05) is 19.9 Å². The Morgan fingerprint density at radius 1 is 1.24 bits per heavy atom. The Labute approximate surface area is 131 Å². The van der Waals surface area contributed by atoms with Gasteiger partial charge in [-0.3, -0.25) is 0 Å². The molecule has 0 aliphatic rings. The molecule has 0 unspecified atom stereocenters. The Morgan fingerprint density at radius 2 is 2.00 bits per heavy atom. The van der Waals surface area contributed by atoms with Crippen LogP contribution in [-0.2, 0) is 0 Å². The van der Waals surface area contributed by atoms with Crippen molar-refractivity contribution in [1.82, 2.24) is 15.0 Å². The Hall–Kier alpha value is -2.10. The third-order valence-electron chi connectivity index (χ3n) is 2.27. The lowest BCUT2D eigenvalue weighted by molar-refractivity contribution is 0.222. The molecule has 1 aromatic carbocycles. The normalized spacial score (nSPS) is 10.3. The summed E-state index contributed by atoms with van der Waals surface area (Å²) in [5.74, 6) is 0.206. The van der Waals surface area contributed by atoms with Crippen LogP contribution in [-0.4, -0.2) is 21.1 Å². The van der Waals surface area contributed by atoms with E-state index in [0.29, 0.717) is 16.3 Å². The third kappa shape index (κ3) is 4.18. The molecule has 2 aromatic rings. The molecule has 8 heteroatoms. The monoisotopic (exact) mass is 323 g/mol. The van der Waals surface area contributed by atoms with E-state index in [4.69, 9.17) is 33.2 Å². The smallest absolute Gasteiger partial charge is 0.322 e. The molecule has 0 radical (unpaired) electrons. The van der Waals surface area contributed by atoms with Crippen LogP contribution in [0.25, 0.3) is 0 Å². The SMILES string of the molecule is CC(C)Oc1nc(Cl)nc(Nc2ccc(C#N)cc2Cl)n1. The highest BCUT2D eigenvalue weighted by Crippen LogP contribution is 2.26. The van der Waals surface area contributed by atoms with Gasteiger partial charge in [0.15, 0.2) is 0 Å². The fourth-order valence-electron chi connectivity index (χ4n) is 1.46. The Balaban J connectivity index is 2.27. The van der Waals surface area contributed by atoms with Crippen molar-refractivity contribution in [1.29, 1.82) is 5.26 Å². The molecule has 0 aliphatic heterocycles. The molecule has 6 nitrogen and oxygen atoms in total. The number of anilines is 2. The summed E-state index contributed by atoms with van der Waals surface area (Å²) >= 11 is 11.9. The van der Waals surface area contributed by atoms with E-state index in [1.165, 1.54) is 6.07 Å². The minimum absolute atomic E-state index is 0.00733. The first-order valence-corrected chi connectivity index (χ1v) is 6.78. The minimum Gasteiger partial charge on any atom is -0.461 e. The summed E-state index contributed by atoms with van der Waals surface area (Å²) in [6.07, 6.45) is -0.0881. The van der Waals surface area contributed by atoms with Crippen molar-refractivity contribution in [3.8, 4) is 12.1 Å². The zero-order chi connectivity index (χ0) is 15.4. The lowest BCUT2D eigenvalue weighted by Crippen LogP contribution is -2.10. The van der Waals surface area contributed by atoms with Crippen molar-refractivity contribution in [3.63, 3.8) is 0 Å². The van der Waals surface area contributed by atoms with E-state index < -0.39 is 0 Å². The van der Waals surface area contributed by atoms with E-state index in [9.17, 15) is 0 Å². The third-order valence-corrected chi connectivity index (χ3v) is 2.76. The van der Waals surface area contributed by atoms with Crippen LogP contribution < -0.4 is 10.1 Å². The largest absolute Gasteiger partial charge is 0.461 e. The lowest BCUT2D eigenvalue weighted by Gasteiger charge is -2.10. The van der Waals surface area contributed by atoms with E-state index in [1.54, 1.807) is 12.1 Å². The Kier molecular flexibility index (Phi) is 4.78. The highest BCUT2D eigenvalue weighted by atomic mass is 35.5. The van der Waals surface area contributed by atoms with Gasteiger partial charge in [0.25, 0.3) is 0 Å². The average molecular weight is 324 g/mol. The molecule has 0 spiro atoms. The van der Waals surface area contributed by atoms with Crippen molar-refractivity contribution in [2.45, 2.75) is 20.0 Å². The summed E-state index contributed by atoms with van der Waals surface area (Å²) in [5, 5.41) is 12.1. The molecule has 1 N–H and O–H groups in total. The summed E-state index contributed by atoms with van der Waals surface area (Å²) < 4.78 is 5.38. The van der Waals surface area contributed by atoms with Gasteiger partial charge in [0.1, 0.15) is 0 Å². The first-order valence-electron chi connectivity index (χ1n) is 6.03. The molecule has 0 fully saturated rings. The maximum Gasteiger partial charge on any atom is 0.322 e. The molecular weight excluding hydrogens is 313 g/mol. The molecule has 2 rings (SSSR count). The Bertz CT molecular complexity index is 699. The number of ether oxygens (including phenoxy) is 1. The second kappa shape index (κ2) is 6.57. The molecule has 0 saturated heterocycles. The minimum atomic E-state index is -0.0881. The highest BCUT2D eigenvalue weighted by molar-refractivity contribution is 6.33. The molecule has 1 heterocycles. The first kappa shape index (κ1) is 15.3. The van der Waals surface area contributed by atoms with Crippen molar-refractivity contribution in [2.24, 2.45) is 0 Å². The molecular formula is C13H11Cl2N5O. The van der Waals surface area contributed by atoms with Gasteiger partial charge in [0.05, 0.1) is 28.4 Å². The van der Waals surface area contributed by atoms with Gasteiger partial charge < -0.3 is 10.1 Å². The van der Waals surface area contributed by atoms with Crippen molar-refractivity contribution in [2.75, 3.05) is 5.32 Å².